The van der Waals surface area contributed by atoms with Gasteiger partial charge in [0.1, 0.15) is 18.3 Å². The third-order valence-electron chi connectivity index (χ3n) is 7.01. The molecule has 0 aliphatic heterocycles. The average Bonchev–Trinajstić information content (AvgIpc) is 2.96. The minimum absolute atomic E-state index is 0.0909. The molecule has 0 saturated heterocycles. The Bertz CT molecular complexity index is 1430. The maximum Gasteiger partial charge on any atom is 0.244 e. The van der Waals surface area contributed by atoms with Crippen LogP contribution in [0.1, 0.15) is 50.8 Å². The molecule has 2 amide bonds. The second-order valence-electron chi connectivity index (χ2n) is 11.4. The topological polar surface area (TPSA) is 96.0 Å². The van der Waals surface area contributed by atoms with Crippen molar-refractivity contribution in [3.63, 3.8) is 0 Å². The standard InChI is InChI=1S/C33H43N3O5S/c1-7-20-34-32(38)30(22-25-12-9-8-10-13-25)35(23-26-14-11-15-29(21-26)41-5)31(37)24-36(42(6,39)40)28-18-16-27(17-19-28)33(2,3)4/h8-19,21,30H,7,20,22-24H2,1-6H3,(H,34,38)/t30-/m1/s1. The maximum absolute atomic E-state index is 14.2. The molecule has 0 aromatic heterocycles. The van der Waals surface area contributed by atoms with E-state index in [1.165, 1.54) is 4.90 Å². The zero-order valence-corrected chi connectivity index (χ0v) is 26.3. The highest BCUT2D eigenvalue weighted by Gasteiger charge is 2.33. The monoisotopic (exact) mass is 593 g/mol. The summed E-state index contributed by atoms with van der Waals surface area (Å²) in [5.74, 6) is -0.167. The number of carbonyl (C=O) groups excluding carboxylic acids is 2. The van der Waals surface area contributed by atoms with Gasteiger partial charge in [-0.05, 0) is 52.8 Å². The molecule has 3 rings (SSSR count). The molecule has 1 N–H and O–H groups in total. The Balaban J connectivity index is 2.05. The summed E-state index contributed by atoms with van der Waals surface area (Å²) < 4.78 is 32.5. The van der Waals surface area contributed by atoms with Gasteiger partial charge < -0.3 is 15.0 Å². The number of rotatable bonds is 13. The average molecular weight is 594 g/mol. The number of sulfonamides is 1. The third-order valence-corrected chi connectivity index (χ3v) is 8.15. The predicted octanol–water partition coefficient (Wildman–Crippen LogP) is 4.93. The van der Waals surface area contributed by atoms with Crippen LogP contribution in [0.25, 0.3) is 0 Å². The van der Waals surface area contributed by atoms with Gasteiger partial charge in [-0.3, -0.25) is 13.9 Å². The van der Waals surface area contributed by atoms with Gasteiger partial charge in [0.25, 0.3) is 0 Å². The molecule has 8 nitrogen and oxygen atoms in total. The molecule has 0 radical (unpaired) electrons. The normalized spacial score (nSPS) is 12.3. The van der Waals surface area contributed by atoms with Gasteiger partial charge in [0.15, 0.2) is 0 Å². The van der Waals surface area contributed by atoms with Crippen LogP contribution in [-0.4, -0.2) is 57.6 Å². The van der Waals surface area contributed by atoms with Crippen molar-refractivity contribution in [3.8, 4) is 5.75 Å². The van der Waals surface area contributed by atoms with E-state index in [4.69, 9.17) is 4.74 Å². The van der Waals surface area contributed by atoms with Gasteiger partial charge in [0.05, 0.1) is 19.1 Å². The van der Waals surface area contributed by atoms with Gasteiger partial charge in [-0.1, -0.05) is 82.3 Å². The van der Waals surface area contributed by atoms with E-state index in [0.29, 0.717) is 18.0 Å². The van der Waals surface area contributed by atoms with Gasteiger partial charge in [-0.15, -0.1) is 0 Å². The largest absolute Gasteiger partial charge is 0.497 e. The first-order valence-electron chi connectivity index (χ1n) is 14.2. The lowest BCUT2D eigenvalue weighted by Gasteiger charge is -2.33. The maximum atomic E-state index is 14.2. The molecule has 0 bridgehead atoms. The third kappa shape index (κ3) is 9.08. The summed E-state index contributed by atoms with van der Waals surface area (Å²) in [5.41, 5.74) is 2.95. The molecular weight excluding hydrogens is 550 g/mol. The van der Waals surface area contributed by atoms with E-state index in [1.54, 1.807) is 25.3 Å². The molecule has 0 unspecified atom stereocenters. The Labute approximate surface area is 250 Å². The molecule has 226 valence electrons. The summed E-state index contributed by atoms with van der Waals surface area (Å²) in [6.07, 6.45) is 2.09. The quantitative estimate of drug-likeness (QED) is 0.303. The molecule has 1 atom stereocenters. The summed E-state index contributed by atoms with van der Waals surface area (Å²) in [6, 6.07) is 23.1. The summed E-state index contributed by atoms with van der Waals surface area (Å²) in [5, 5.41) is 2.94. The van der Waals surface area contributed by atoms with Crippen molar-refractivity contribution in [2.45, 2.75) is 58.5 Å². The molecule has 0 saturated carbocycles. The van der Waals surface area contributed by atoms with E-state index in [-0.39, 0.29) is 24.3 Å². The summed E-state index contributed by atoms with van der Waals surface area (Å²) in [6.45, 7) is 8.28. The van der Waals surface area contributed by atoms with Crippen molar-refractivity contribution in [2.24, 2.45) is 0 Å². The number of carbonyl (C=O) groups is 2. The van der Waals surface area contributed by atoms with Crippen LogP contribution in [0.3, 0.4) is 0 Å². The number of ether oxygens (including phenoxy) is 1. The minimum Gasteiger partial charge on any atom is -0.497 e. The van der Waals surface area contributed by atoms with Crippen molar-refractivity contribution >= 4 is 27.5 Å². The minimum atomic E-state index is -3.83. The van der Waals surface area contributed by atoms with E-state index in [2.05, 4.69) is 26.1 Å². The van der Waals surface area contributed by atoms with Crippen LogP contribution in [0.2, 0.25) is 0 Å². The molecule has 0 heterocycles. The Kier molecular flexibility index (Phi) is 11.2. The zero-order chi connectivity index (χ0) is 30.9. The van der Waals surface area contributed by atoms with Crippen LogP contribution >= 0.6 is 0 Å². The second kappa shape index (κ2) is 14.4. The lowest BCUT2D eigenvalue weighted by molar-refractivity contribution is -0.140. The molecule has 0 aliphatic carbocycles. The van der Waals surface area contributed by atoms with Crippen molar-refractivity contribution < 1.29 is 22.7 Å². The first kappa shape index (κ1) is 32.7. The highest BCUT2D eigenvalue weighted by Crippen LogP contribution is 2.26. The molecule has 0 spiro atoms. The Morgan fingerprint density at radius 1 is 0.929 bits per heavy atom. The SMILES string of the molecule is CCCNC(=O)[C@@H](Cc1ccccc1)N(Cc1cccc(OC)c1)C(=O)CN(c1ccc(C(C)(C)C)cc1)S(C)(=O)=O. The molecule has 0 fully saturated rings. The van der Waals surface area contributed by atoms with Crippen LogP contribution in [-0.2, 0) is 38.0 Å². The summed E-state index contributed by atoms with van der Waals surface area (Å²) in [4.78, 5) is 29.2. The Hall–Kier alpha value is -3.85. The fourth-order valence-corrected chi connectivity index (χ4v) is 5.48. The highest BCUT2D eigenvalue weighted by atomic mass is 32.2. The smallest absolute Gasteiger partial charge is 0.244 e. The lowest BCUT2D eigenvalue weighted by Crippen LogP contribution is -2.53. The highest BCUT2D eigenvalue weighted by molar-refractivity contribution is 7.92. The van der Waals surface area contributed by atoms with E-state index < -0.39 is 28.5 Å². The fourth-order valence-electron chi connectivity index (χ4n) is 4.63. The number of methoxy groups -OCH3 is 1. The molecule has 3 aromatic carbocycles. The van der Waals surface area contributed by atoms with Crippen molar-refractivity contribution in [2.75, 3.05) is 30.8 Å². The van der Waals surface area contributed by atoms with Gasteiger partial charge >= 0.3 is 0 Å². The van der Waals surface area contributed by atoms with Crippen molar-refractivity contribution in [1.82, 2.24) is 10.2 Å². The van der Waals surface area contributed by atoms with Gasteiger partial charge in [0, 0.05) is 19.5 Å². The van der Waals surface area contributed by atoms with Crippen LogP contribution in [0, 0.1) is 0 Å². The predicted molar refractivity (Wildman–Crippen MR) is 168 cm³/mol. The number of nitrogens with zero attached hydrogens (tertiary/aromatic N) is 2. The number of hydrogen-bond acceptors (Lipinski definition) is 5. The fraction of sp³-hybridized carbons (Fsp3) is 0.394. The van der Waals surface area contributed by atoms with Crippen molar-refractivity contribution in [3.05, 3.63) is 95.6 Å². The van der Waals surface area contributed by atoms with Crippen LogP contribution in [0.5, 0.6) is 5.75 Å². The van der Waals surface area contributed by atoms with Crippen LogP contribution in [0.4, 0.5) is 5.69 Å². The second-order valence-corrected chi connectivity index (χ2v) is 13.3. The summed E-state index contributed by atoms with van der Waals surface area (Å²) in [7, 11) is -2.27. The number of nitrogens with one attached hydrogen (secondary N) is 1. The Morgan fingerprint density at radius 2 is 1.57 bits per heavy atom. The molecule has 9 heteroatoms. The van der Waals surface area contributed by atoms with E-state index in [0.717, 1.165) is 33.7 Å². The van der Waals surface area contributed by atoms with Crippen molar-refractivity contribution in [1.29, 1.82) is 0 Å². The number of hydrogen-bond donors (Lipinski definition) is 1. The van der Waals surface area contributed by atoms with Gasteiger partial charge in [-0.25, -0.2) is 8.42 Å². The van der Waals surface area contributed by atoms with Crippen LogP contribution in [0.15, 0.2) is 78.9 Å². The molecule has 3 aromatic rings. The van der Waals surface area contributed by atoms with Gasteiger partial charge in [0.2, 0.25) is 21.8 Å². The first-order chi connectivity index (χ1) is 19.8. The Morgan fingerprint density at radius 3 is 2.14 bits per heavy atom. The van der Waals surface area contributed by atoms with E-state index in [9.17, 15) is 18.0 Å². The van der Waals surface area contributed by atoms with Crippen LogP contribution < -0.4 is 14.4 Å². The first-order valence-corrected chi connectivity index (χ1v) is 16.0. The van der Waals surface area contributed by atoms with Gasteiger partial charge in [-0.2, -0.15) is 0 Å². The molecule has 42 heavy (non-hydrogen) atoms. The van der Waals surface area contributed by atoms with E-state index in [1.807, 2.05) is 67.6 Å². The zero-order valence-electron chi connectivity index (χ0n) is 25.5. The number of amides is 2. The molecule has 0 aliphatic rings. The van der Waals surface area contributed by atoms with E-state index >= 15 is 0 Å². The lowest BCUT2D eigenvalue weighted by atomic mass is 9.87. The number of anilines is 1. The number of benzene rings is 3. The molecular formula is C33H43N3O5S. The summed E-state index contributed by atoms with van der Waals surface area (Å²) >= 11 is 0.